The van der Waals surface area contributed by atoms with E-state index in [1.165, 1.54) is 4.90 Å². The lowest BCUT2D eigenvalue weighted by molar-refractivity contribution is -0.144. The third-order valence-corrected chi connectivity index (χ3v) is 5.88. The third kappa shape index (κ3) is 7.47. The zero-order chi connectivity index (χ0) is 24.6. The topological polar surface area (TPSA) is 185 Å². The number of nitrogens with one attached hydrogen (secondary N) is 2. The van der Waals surface area contributed by atoms with Crippen molar-refractivity contribution in [3.8, 4) is 0 Å². The van der Waals surface area contributed by atoms with Crippen LogP contribution < -0.4 is 22.1 Å². The highest BCUT2D eigenvalue weighted by atomic mass is 16.4. The van der Waals surface area contributed by atoms with Gasteiger partial charge in [0.25, 0.3) is 0 Å². The van der Waals surface area contributed by atoms with E-state index in [0.29, 0.717) is 25.8 Å². The largest absolute Gasteiger partial charge is 0.480 e. The summed E-state index contributed by atoms with van der Waals surface area (Å²) in [6.45, 7) is 7.35. The Morgan fingerprint density at radius 3 is 2.22 bits per heavy atom. The van der Waals surface area contributed by atoms with Crippen molar-refractivity contribution in [1.29, 1.82) is 0 Å². The number of carboxylic acids is 1. The van der Waals surface area contributed by atoms with E-state index in [1.807, 2.05) is 6.92 Å². The molecule has 182 valence electrons. The van der Waals surface area contributed by atoms with Gasteiger partial charge in [0.15, 0.2) is 0 Å². The fourth-order valence-electron chi connectivity index (χ4n) is 3.65. The van der Waals surface area contributed by atoms with Crippen LogP contribution in [0.25, 0.3) is 0 Å². The van der Waals surface area contributed by atoms with Gasteiger partial charge in [-0.25, -0.2) is 4.79 Å². The first kappa shape index (κ1) is 27.3. The van der Waals surface area contributed by atoms with E-state index in [0.717, 1.165) is 0 Å². The van der Waals surface area contributed by atoms with Crippen molar-refractivity contribution >= 4 is 29.6 Å². The summed E-state index contributed by atoms with van der Waals surface area (Å²) in [7, 11) is 0. The molecular weight excluding hydrogens is 418 g/mol. The van der Waals surface area contributed by atoms with Crippen LogP contribution in [-0.2, 0) is 24.0 Å². The van der Waals surface area contributed by atoms with Crippen molar-refractivity contribution in [3.63, 3.8) is 0 Å². The van der Waals surface area contributed by atoms with E-state index < -0.39 is 53.8 Å². The summed E-state index contributed by atoms with van der Waals surface area (Å²) in [5.74, 6) is -3.83. The summed E-state index contributed by atoms with van der Waals surface area (Å²) in [6, 6.07) is -3.78. The summed E-state index contributed by atoms with van der Waals surface area (Å²) in [4.78, 5) is 62.4. The van der Waals surface area contributed by atoms with Crippen LogP contribution >= 0.6 is 0 Å². The molecule has 1 heterocycles. The Kier molecular flexibility index (Phi) is 10.6. The van der Waals surface area contributed by atoms with E-state index >= 15 is 0 Å². The van der Waals surface area contributed by atoms with Gasteiger partial charge in [0.1, 0.15) is 18.1 Å². The summed E-state index contributed by atoms with van der Waals surface area (Å²) in [5.41, 5.74) is 11.0. The summed E-state index contributed by atoms with van der Waals surface area (Å²) in [6.07, 6.45) is 1.64. The lowest BCUT2D eigenvalue weighted by Crippen LogP contribution is -2.58. The maximum Gasteiger partial charge on any atom is 0.326 e. The first-order valence-corrected chi connectivity index (χ1v) is 11.1. The number of nitrogens with zero attached hydrogens (tertiary/aromatic N) is 1. The van der Waals surface area contributed by atoms with Crippen molar-refractivity contribution in [2.24, 2.45) is 23.3 Å². The normalized spacial score (nSPS) is 19.7. The molecule has 0 aromatic carbocycles. The van der Waals surface area contributed by atoms with Crippen molar-refractivity contribution in [3.05, 3.63) is 0 Å². The van der Waals surface area contributed by atoms with Gasteiger partial charge >= 0.3 is 5.97 Å². The quantitative estimate of drug-likeness (QED) is 0.258. The predicted octanol–water partition coefficient (Wildman–Crippen LogP) is -0.673. The van der Waals surface area contributed by atoms with Gasteiger partial charge in [0.05, 0.1) is 6.04 Å². The molecule has 0 spiro atoms. The second kappa shape index (κ2) is 12.4. The molecule has 1 aliphatic heterocycles. The van der Waals surface area contributed by atoms with Gasteiger partial charge in [0, 0.05) is 13.0 Å². The lowest BCUT2D eigenvalue weighted by atomic mass is 9.96. The molecular formula is C21H37N5O6. The fraction of sp³-hybridized carbons (Fsp3) is 0.762. The van der Waals surface area contributed by atoms with Crippen LogP contribution in [0, 0.1) is 11.8 Å². The molecule has 1 rings (SSSR count). The Morgan fingerprint density at radius 2 is 1.72 bits per heavy atom. The van der Waals surface area contributed by atoms with Crippen molar-refractivity contribution in [1.82, 2.24) is 15.5 Å². The van der Waals surface area contributed by atoms with Crippen LogP contribution in [0.5, 0.6) is 0 Å². The molecule has 0 aliphatic carbocycles. The van der Waals surface area contributed by atoms with Gasteiger partial charge in [0.2, 0.25) is 23.6 Å². The minimum Gasteiger partial charge on any atom is -0.480 e. The zero-order valence-corrected chi connectivity index (χ0v) is 19.3. The molecule has 0 aromatic heterocycles. The highest BCUT2D eigenvalue weighted by Crippen LogP contribution is 2.20. The van der Waals surface area contributed by atoms with Crippen LogP contribution in [0.1, 0.15) is 59.8 Å². The number of carbonyl (C=O) groups is 5. The second-order valence-electron chi connectivity index (χ2n) is 8.74. The van der Waals surface area contributed by atoms with Gasteiger partial charge in [-0.3, -0.25) is 19.2 Å². The van der Waals surface area contributed by atoms with Gasteiger partial charge in [-0.2, -0.15) is 0 Å². The van der Waals surface area contributed by atoms with E-state index in [1.54, 1.807) is 20.8 Å². The number of hydrogen-bond acceptors (Lipinski definition) is 6. The second-order valence-corrected chi connectivity index (χ2v) is 8.74. The molecule has 1 fully saturated rings. The van der Waals surface area contributed by atoms with Crippen LogP contribution in [0.3, 0.4) is 0 Å². The molecule has 5 atom stereocenters. The first-order valence-electron chi connectivity index (χ1n) is 11.1. The Hall–Kier alpha value is -2.69. The van der Waals surface area contributed by atoms with Gasteiger partial charge in [-0.15, -0.1) is 0 Å². The molecule has 0 saturated carbocycles. The van der Waals surface area contributed by atoms with Gasteiger partial charge < -0.3 is 32.1 Å². The first-order chi connectivity index (χ1) is 14.9. The number of primary amides is 1. The minimum atomic E-state index is -1.15. The molecule has 32 heavy (non-hydrogen) atoms. The molecule has 11 nitrogen and oxygen atoms in total. The average molecular weight is 456 g/mol. The molecule has 0 radical (unpaired) electrons. The number of aliphatic carboxylic acids is 1. The Balaban J connectivity index is 2.92. The third-order valence-electron chi connectivity index (χ3n) is 5.88. The molecule has 7 N–H and O–H groups in total. The van der Waals surface area contributed by atoms with Crippen LogP contribution in [0.4, 0.5) is 0 Å². The Morgan fingerprint density at radius 1 is 1.09 bits per heavy atom. The van der Waals surface area contributed by atoms with E-state index in [-0.39, 0.29) is 24.7 Å². The minimum absolute atomic E-state index is 0.0333. The van der Waals surface area contributed by atoms with Crippen molar-refractivity contribution < 1.29 is 29.1 Å². The van der Waals surface area contributed by atoms with Gasteiger partial charge in [-0.1, -0.05) is 34.1 Å². The van der Waals surface area contributed by atoms with E-state index in [4.69, 9.17) is 11.5 Å². The fourth-order valence-corrected chi connectivity index (χ4v) is 3.65. The molecule has 1 saturated heterocycles. The standard InChI is InChI=1S/C21H37N5O6/c1-5-12(4)17(19(29)24-16(11(2)3)21(31)32)25-18(28)14-7-6-10-26(14)20(30)13(22)8-9-15(23)27/h11-14,16-17H,5-10,22H2,1-4H3,(H2,23,27)(H,24,29)(H,25,28)(H,31,32). The number of rotatable bonds is 12. The molecule has 11 heteroatoms. The van der Waals surface area contributed by atoms with E-state index in [2.05, 4.69) is 10.6 Å². The zero-order valence-electron chi connectivity index (χ0n) is 19.3. The summed E-state index contributed by atoms with van der Waals surface area (Å²) in [5, 5.41) is 14.6. The number of likely N-dealkylation sites (tertiary alicyclic amines) is 1. The van der Waals surface area contributed by atoms with E-state index in [9.17, 15) is 29.1 Å². The number of hydrogen-bond donors (Lipinski definition) is 5. The summed E-state index contributed by atoms with van der Waals surface area (Å²) < 4.78 is 0. The number of carboxylic acid groups (broad SMARTS) is 1. The smallest absolute Gasteiger partial charge is 0.326 e. The van der Waals surface area contributed by atoms with Gasteiger partial charge in [-0.05, 0) is 31.1 Å². The number of amides is 4. The van der Waals surface area contributed by atoms with Crippen molar-refractivity contribution in [2.75, 3.05) is 6.54 Å². The molecule has 5 unspecified atom stereocenters. The van der Waals surface area contributed by atoms with Crippen LogP contribution in [0.2, 0.25) is 0 Å². The maximum atomic E-state index is 13.0. The monoisotopic (exact) mass is 455 g/mol. The molecule has 0 bridgehead atoms. The Labute approximate surface area is 188 Å². The molecule has 4 amide bonds. The highest BCUT2D eigenvalue weighted by molar-refractivity contribution is 5.94. The highest BCUT2D eigenvalue weighted by Gasteiger charge is 2.39. The average Bonchev–Trinajstić information content (AvgIpc) is 3.21. The SMILES string of the molecule is CCC(C)C(NC(=O)C1CCCN1C(=O)C(N)CCC(N)=O)C(=O)NC(C(=O)O)C(C)C. The molecule has 1 aliphatic rings. The lowest BCUT2D eigenvalue weighted by Gasteiger charge is -2.30. The van der Waals surface area contributed by atoms with Crippen LogP contribution in [-0.4, -0.2) is 70.3 Å². The number of nitrogens with two attached hydrogens (primary N) is 2. The maximum absolute atomic E-state index is 13.0. The summed E-state index contributed by atoms with van der Waals surface area (Å²) >= 11 is 0. The number of carbonyl (C=O) groups excluding carboxylic acids is 4. The molecule has 0 aromatic rings. The predicted molar refractivity (Wildman–Crippen MR) is 117 cm³/mol. The Bertz CT molecular complexity index is 713. The van der Waals surface area contributed by atoms with Crippen molar-refractivity contribution in [2.45, 2.75) is 84.0 Å². The van der Waals surface area contributed by atoms with Crippen LogP contribution in [0.15, 0.2) is 0 Å².